The smallest absolute Gasteiger partial charge is 0.220 e. The van der Waals surface area contributed by atoms with Gasteiger partial charge in [-0.05, 0) is 57.8 Å². The third-order valence-electron chi connectivity index (χ3n) is 19.6. The van der Waals surface area contributed by atoms with Gasteiger partial charge in [-0.1, -0.05) is 299 Å². The van der Waals surface area contributed by atoms with Gasteiger partial charge in [0.1, 0.15) is 73.2 Å². The quantitative estimate of drug-likeness (QED) is 0.0199. The fourth-order valence-corrected chi connectivity index (χ4v) is 13.2. The second kappa shape index (κ2) is 59.8. The molecule has 19 nitrogen and oxygen atoms in total. The molecule has 0 aromatic heterocycles. The average molecular weight is 1400 g/mol. The van der Waals surface area contributed by atoms with E-state index in [1.165, 1.54) is 193 Å². The van der Waals surface area contributed by atoms with Crippen LogP contribution in [0.4, 0.5) is 0 Å². The Labute approximate surface area is 592 Å². The van der Waals surface area contributed by atoms with E-state index >= 15 is 0 Å². The van der Waals surface area contributed by atoms with Crippen molar-refractivity contribution in [3.63, 3.8) is 0 Å². The number of rotatable bonds is 62. The highest BCUT2D eigenvalue weighted by Gasteiger charge is 2.53. The Balaban J connectivity index is 1.39. The number of ether oxygens (including phenoxy) is 6. The summed E-state index contributed by atoms with van der Waals surface area (Å²) in [6.07, 6.45) is 49.2. The van der Waals surface area contributed by atoms with E-state index in [0.717, 1.165) is 83.5 Å². The van der Waals surface area contributed by atoms with Gasteiger partial charge in [-0.25, -0.2) is 0 Å². The lowest BCUT2D eigenvalue weighted by Gasteiger charge is -2.48. The van der Waals surface area contributed by atoms with Crippen molar-refractivity contribution in [2.45, 2.75) is 407 Å². The Morgan fingerprint density at radius 2 is 0.704 bits per heavy atom. The van der Waals surface area contributed by atoms with Crippen molar-refractivity contribution in [1.82, 2.24) is 5.32 Å². The van der Waals surface area contributed by atoms with Gasteiger partial charge in [-0.3, -0.25) is 4.79 Å². The molecule has 0 saturated carbocycles. The average Bonchev–Trinajstić information content (AvgIpc) is 0.785. The molecule has 98 heavy (non-hydrogen) atoms. The normalized spacial score (nSPS) is 27.1. The van der Waals surface area contributed by atoms with Crippen LogP contribution in [0.1, 0.15) is 303 Å². The molecular weight excluding hydrogens is 1250 g/mol. The lowest BCUT2D eigenvalue weighted by Crippen LogP contribution is -2.66. The lowest BCUT2D eigenvalue weighted by molar-refractivity contribution is -0.379. The van der Waals surface area contributed by atoms with Crippen LogP contribution in [0.25, 0.3) is 0 Å². The molecule has 3 heterocycles. The number of hydrogen-bond donors (Lipinski definition) is 12. The summed E-state index contributed by atoms with van der Waals surface area (Å²) in [6.45, 7) is 1.65. The monoisotopic (exact) mass is 1390 g/mol. The highest BCUT2D eigenvalue weighted by Crippen LogP contribution is 2.33. The summed E-state index contributed by atoms with van der Waals surface area (Å²) < 4.78 is 34.4. The Kier molecular flexibility index (Phi) is 54.8. The molecule has 572 valence electrons. The van der Waals surface area contributed by atoms with Crippen LogP contribution >= 0.6 is 0 Å². The summed E-state index contributed by atoms with van der Waals surface area (Å²) in [7, 11) is 0. The van der Waals surface area contributed by atoms with Gasteiger partial charge in [0.15, 0.2) is 18.9 Å². The molecule has 0 radical (unpaired) electrons. The molecule has 3 aliphatic heterocycles. The van der Waals surface area contributed by atoms with Crippen LogP contribution in [0.3, 0.4) is 0 Å². The number of allylic oxidation sites excluding steroid dienone is 9. The SMILES string of the molecule is CC/C=C\C/C=C\C/C=C\C/C=C\CCCCCCCCCCCCC(=O)NC(COC1OC(CO)C(OC2OC(CO)C(OC3OC(CO)C(O)C(O)C3O)C(O)C2O)C(O)C1O)C(O)/C=C/CCCCCCCCCCCCCCCCCCCCCCCCCCCCCC. The molecule has 3 saturated heterocycles. The number of amides is 1. The van der Waals surface area contributed by atoms with E-state index < -0.39 is 124 Å². The minimum Gasteiger partial charge on any atom is -0.394 e. The van der Waals surface area contributed by atoms with Crippen molar-refractivity contribution < 1.29 is 89.4 Å². The molecule has 12 N–H and O–H groups in total. The zero-order valence-electron chi connectivity index (χ0n) is 61.0. The van der Waals surface area contributed by atoms with Gasteiger partial charge in [0.25, 0.3) is 0 Å². The summed E-state index contributed by atoms with van der Waals surface area (Å²) in [5.74, 6) is -0.279. The van der Waals surface area contributed by atoms with Crippen LogP contribution in [0.2, 0.25) is 0 Å². The molecule has 3 aliphatic rings. The topological polar surface area (TPSA) is 307 Å². The third-order valence-corrected chi connectivity index (χ3v) is 19.6. The Morgan fingerprint density at radius 3 is 1.10 bits per heavy atom. The van der Waals surface area contributed by atoms with E-state index in [0.29, 0.717) is 6.42 Å². The van der Waals surface area contributed by atoms with E-state index in [1.54, 1.807) is 6.08 Å². The van der Waals surface area contributed by atoms with Gasteiger partial charge < -0.3 is 89.9 Å². The van der Waals surface area contributed by atoms with Gasteiger partial charge in [0.2, 0.25) is 5.91 Å². The van der Waals surface area contributed by atoms with Gasteiger partial charge in [-0.15, -0.1) is 0 Å². The fourth-order valence-electron chi connectivity index (χ4n) is 13.2. The van der Waals surface area contributed by atoms with Gasteiger partial charge in [-0.2, -0.15) is 0 Å². The Bertz CT molecular complexity index is 2010. The summed E-state index contributed by atoms with van der Waals surface area (Å²) >= 11 is 0. The number of hydrogen-bond acceptors (Lipinski definition) is 18. The van der Waals surface area contributed by atoms with Crippen LogP contribution in [-0.2, 0) is 33.2 Å². The maximum absolute atomic E-state index is 13.5. The van der Waals surface area contributed by atoms with E-state index in [1.807, 2.05) is 6.08 Å². The minimum absolute atomic E-state index is 0.236. The first-order chi connectivity index (χ1) is 47.8. The highest BCUT2D eigenvalue weighted by atomic mass is 16.8. The Hall–Kier alpha value is -2.51. The molecule has 0 aliphatic carbocycles. The molecule has 17 atom stereocenters. The van der Waals surface area contributed by atoms with E-state index in [9.17, 15) is 61.0 Å². The minimum atomic E-state index is -1.98. The zero-order valence-corrected chi connectivity index (χ0v) is 61.0. The molecule has 0 aromatic rings. The molecule has 17 unspecified atom stereocenters. The standard InChI is InChI=1S/C79H143NO18/c1-3-5-7-9-11-13-15-17-19-21-23-25-27-28-29-30-31-32-33-35-36-38-40-42-44-46-48-50-52-54-56-63(84)62(80-67(85)57-55-53-51-49-47-45-43-41-39-37-34-26-24-22-20-18-16-14-12-10-8-6-4-2)61-93-77-73(91)70(88)75(65(59-82)95-77)98-79-74(92)71(89)76(66(60-83)96-79)97-78-72(90)69(87)68(86)64(58-81)94-78/h6,8,12,14,18,20,24,26,54,56,62-66,68-79,81-84,86-92H,3-5,7,9-11,13,15-17,19,21-23,25,27-53,55,57-61H2,1-2H3,(H,80,85)/b8-6-,14-12-,20-18-,26-24-,56-54+. The molecule has 3 rings (SSSR count). The van der Waals surface area contributed by atoms with Crippen molar-refractivity contribution in [3.8, 4) is 0 Å². The lowest BCUT2D eigenvalue weighted by atomic mass is 9.96. The fraction of sp³-hybridized carbons (Fsp3) is 0.861. The van der Waals surface area contributed by atoms with Gasteiger partial charge >= 0.3 is 0 Å². The molecule has 0 aromatic carbocycles. The van der Waals surface area contributed by atoms with Crippen LogP contribution in [0.5, 0.6) is 0 Å². The number of unbranched alkanes of at least 4 members (excludes halogenated alkanes) is 38. The first-order valence-corrected chi connectivity index (χ1v) is 39.5. The third kappa shape index (κ3) is 39.9. The van der Waals surface area contributed by atoms with Crippen molar-refractivity contribution >= 4 is 5.91 Å². The van der Waals surface area contributed by atoms with E-state index in [4.69, 9.17) is 28.4 Å². The molecule has 19 heteroatoms. The van der Waals surface area contributed by atoms with Crippen LogP contribution in [0.15, 0.2) is 60.8 Å². The molecule has 0 bridgehead atoms. The number of aliphatic hydroxyl groups excluding tert-OH is 11. The predicted octanol–water partition coefficient (Wildman–Crippen LogP) is 12.7. The van der Waals surface area contributed by atoms with Crippen LogP contribution in [-0.4, -0.2) is 193 Å². The summed E-state index contributed by atoms with van der Waals surface area (Å²) in [4.78, 5) is 13.5. The summed E-state index contributed by atoms with van der Waals surface area (Å²) in [5, 5.41) is 121. The van der Waals surface area contributed by atoms with Crippen LogP contribution in [0, 0.1) is 0 Å². The second-order valence-electron chi connectivity index (χ2n) is 28.1. The van der Waals surface area contributed by atoms with Crippen LogP contribution < -0.4 is 5.32 Å². The first-order valence-electron chi connectivity index (χ1n) is 39.5. The van der Waals surface area contributed by atoms with Gasteiger partial charge in [0.05, 0.1) is 38.6 Å². The highest BCUT2D eigenvalue weighted by molar-refractivity contribution is 5.76. The first kappa shape index (κ1) is 89.7. The largest absolute Gasteiger partial charge is 0.394 e. The second-order valence-corrected chi connectivity index (χ2v) is 28.1. The molecular formula is C79H143NO18. The molecule has 3 fully saturated rings. The Morgan fingerprint density at radius 1 is 0.378 bits per heavy atom. The predicted molar refractivity (Wildman–Crippen MR) is 388 cm³/mol. The zero-order chi connectivity index (χ0) is 71.1. The number of carbonyl (C=O) groups is 1. The molecule has 0 spiro atoms. The van der Waals surface area contributed by atoms with Crippen molar-refractivity contribution in [2.24, 2.45) is 0 Å². The number of carbonyl (C=O) groups excluding carboxylic acids is 1. The number of aliphatic hydroxyl groups is 11. The van der Waals surface area contributed by atoms with Crippen molar-refractivity contribution in [2.75, 3.05) is 26.4 Å². The van der Waals surface area contributed by atoms with E-state index in [2.05, 4.69) is 67.8 Å². The van der Waals surface area contributed by atoms with Crippen molar-refractivity contribution in [3.05, 3.63) is 60.8 Å². The van der Waals surface area contributed by atoms with Crippen molar-refractivity contribution in [1.29, 1.82) is 0 Å². The van der Waals surface area contributed by atoms with E-state index in [-0.39, 0.29) is 18.9 Å². The summed E-state index contributed by atoms with van der Waals surface area (Å²) in [5.41, 5.74) is 0. The number of nitrogens with one attached hydrogen (secondary N) is 1. The molecule has 1 amide bonds. The summed E-state index contributed by atoms with van der Waals surface area (Å²) in [6, 6.07) is -0.980. The maximum Gasteiger partial charge on any atom is 0.220 e. The van der Waals surface area contributed by atoms with Gasteiger partial charge in [0, 0.05) is 6.42 Å². The maximum atomic E-state index is 13.5.